The summed E-state index contributed by atoms with van der Waals surface area (Å²) in [4.78, 5) is 0. The van der Waals surface area contributed by atoms with Gasteiger partial charge in [0.1, 0.15) is 0 Å². The van der Waals surface area contributed by atoms with E-state index in [2.05, 4.69) is 55.2 Å². The molecular weight excluding hydrogens is 236 g/mol. The summed E-state index contributed by atoms with van der Waals surface area (Å²) in [6.45, 7) is 6.47. The van der Waals surface area contributed by atoms with Crippen LogP contribution in [0.1, 0.15) is 16.7 Å². The fourth-order valence-electron chi connectivity index (χ4n) is 1.17. The Morgan fingerprint density at radius 1 is 1.00 bits per heavy atom. The third-order valence-corrected chi connectivity index (χ3v) is 3.44. The molecule has 1 rings (SSSR count). The topological polar surface area (TPSA) is 0 Å². The first-order valence-corrected chi connectivity index (χ1v) is 4.52. The summed E-state index contributed by atoms with van der Waals surface area (Å²) >= 11 is 2.10. The third kappa shape index (κ3) is 1.54. The molecule has 1 aromatic carbocycles. The maximum absolute atomic E-state index is 2.23. The number of hydrogen-bond acceptors (Lipinski definition) is 0. The molecule has 53 valence electrons. The number of hydrogen-bond donors (Lipinski definition) is 0. The van der Waals surface area contributed by atoms with Crippen molar-refractivity contribution >= 4 is 25.9 Å². The van der Waals surface area contributed by atoms with Crippen LogP contribution < -0.4 is 3.61 Å². The molecule has 0 saturated carbocycles. The van der Waals surface area contributed by atoms with E-state index in [1.807, 2.05) is 0 Å². The molecular formula is C9H11Te. The van der Waals surface area contributed by atoms with Crippen molar-refractivity contribution in [2.75, 3.05) is 0 Å². The van der Waals surface area contributed by atoms with E-state index in [1.54, 1.807) is 0 Å². The van der Waals surface area contributed by atoms with E-state index in [0.29, 0.717) is 0 Å². The van der Waals surface area contributed by atoms with Crippen LogP contribution in [0.4, 0.5) is 0 Å². The molecule has 1 aromatic rings. The number of benzene rings is 1. The molecule has 0 N–H and O–H groups in total. The van der Waals surface area contributed by atoms with Gasteiger partial charge >= 0.3 is 75.5 Å². The molecule has 0 aliphatic heterocycles. The zero-order valence-corrected chi connectivity index (χ0v) is 8.89. The normalized spacial score (nSPS) is 9.90. The molecule has 0 unspecified atom stereocenters. The van der Waals surface area contributed by atoms with Gasteiger partial charge in [0.2, 0.25) is 0 Å². The van der Waals surface area contributed by atoms with Crippen LogP contribution in [-0.4, -0.2) is 22.3 Å². The molecule has 0 fully saturated rings. The van der Waals surface area contributed by atoms with Crippen LogP contribution in [0.25, 0.3) is 0 Å². The Morgan fingerprint density at radius 2 is 1.40 bits per heavy atom. The maximum atomic E-state index is 2.23. The summed E-state index contributed by atoms with van der Waals surface area (Å²) in [5, 5.41) is 0. The van der Waals surface area contributed by atoms with Gasteiger partial charge in [-0.25, -0.2) is 0 Å². The SMILES string of the molecule is Cc1cc(C)c([Te])c(C)c1. The molecule has 0 atom stereocenters. The third-order valence-electron chi connectivity index (χ3n) is 1.60. The van der Waals surface area contributed by atoms with E-state index in [-0.39, 0.29) is 0 Å². The average molecular weight is 247 g/mol. The molecule has 0 aromatic heterocycles. The minimum absolute atomic E-state index is 1.36. The Labute approximate surface area is 75.6 Å². The molecule has 0 amide bonds. The van der Waals surface area contributed by atoms with Gasteiger partial charge in [0.25, 0.3) is 0 Å². The second-order valence-electron chi connectivity index (χ2n) is 2.73. The van der Waals surface area contributed by atoms with Crippen LogP contribution in [0.15, 0.2) is 12.1 Å². The second-order valence-corrected chi connectivity index (χ2v) is 3.89. The van der Waals surface area contributed by atoms with Crippen molar-refractivity contribution < 1.29 is 0 Å². The first-order valence-electron chi connectivity index (χ1n) is 3.36. The van der Waals surface area contributed by atoms with Crippen molar-refractivity contribution in [1.29, 1.82) is 0 Å². The van der Waals surface area contributed by atoms with E-state index in [1.165, 1.54) is 20.3 Å². The van der Waals surface area contributed by atoms with E-state index >= 15 is 0 Å². The Balaban J connectivity index is 3.31. The van der Waals surface area contributed by atoms with Crippen LogP contribution in [0, 0.1) is 20.8 Å². The van der Waals surface area contributed by atoms with Crippen molar-refractivity contribution in [2.24, 2.45) is 0 Å². The summed E-state index contributed by atoms with van der Waals surface area (Å²) in [5.74, 6) is 0. The molecule has 1 radical (unpaired) electrons. The van der Waals surface area contributed by atoms with Crippen LogP contribution in [-0.2, 0) is 0 Å². The fourth-order valence-corrected chi connectivity index (χ4v) is 1.50. The zero-order chi connectivity index (χ0) is 7.72. The summed E-state index contributed by atoms with van der Waals surface area (Å²) in [7, 11) is 0. The van der Waals surface area contributed by atoms with Crippen LogP contribution in [0.5, 0.6) is 0 Å². The Bertz CT molecular complexity index is 228. The number of aryl methyl sites for hydroxylation is 3. The van der Waals surface area contributed by atoms with Gasteiger partial charge in [-0.2, -0.15) is 0 Å². The van der Waals surface area contributed by atoms with E-state index in [4.69, 9.17) is 0 Å². The number of rotatable bonds is 0. The molecule has 0 aliphatic rings. The Hall–Kier alpha value is 0.00961. The van der Waals surface area contributed by atoms with Crippen molar-refractivity contribution in [3.63, 3.8) is 0 Å². The first kappa shape index (κ1) is 8.11. The van der Waals surface area contributed by atoms with Gasteiger partial charge in [0.15, 0.2) is 0 Å². The van der Waals surface area contributed by atoms with E-state index in [0.717, 1.165) is 0 Å². The van der Waals surface area contributed by atoms with E-state index < -0.39 is 0 Å². The monoisotopic (exact) mass is 249 g/mol. The predicted molar refractivity (Wildman–Crippen MR) is 46.0 cm³/mol. The zero-order valence-electron chi connectivity index (χ0n) is 6.56. The molecule has 0 spiro atoms. The van der Waals surface area contributed by atoms with E-state index in [9.17, 15) is 0 Å². The summed E-state index contributed by atoms with van der Waals surface area (Å²) in [6, 6.07) is 4.45. The van der Waals surface area contributed by atoms with Gasteiger partial charge < -0.3 is 0 Å². The summed E-state index contributed by atoms with van der Waals surface area (Å²) < 4.78 is 1.43. The quantitative estimate of drug-likeness (QED) is 0.608. The van der Waals surface area contributed by atoms with Gasteiger partial charge in [-0.1, -0.05) is 0 Å². The van der Waals surface area contributed by atoms with Gasteiger partial charge in [0, 0.05) is 0 Å². The van der Waals surface area contributed by atoms with Gasteiger partial charge in [-0.05, 0) is 0 Å². The van der Waals surface area contributed by atoms with Crippen molar-refractivity contribution in [3.8, 4) is 0 Å². The standard InChI is InChI=1S/C9H11Te/c1-6-4-7(2)9(10)8(3)5-6/h4-5H,1-3H3. The minimum atomic E-state index is 1.36. The first-order chi connectivity index (χ1) is 4.61. The van der Waals surface area contributed by atoms with Crippen LogP contribution in [0.3, 0.4) is 0 Å². The van der Waals surface area contributed by atoms with Crippen molar-refractivity contribution in [1.82, 2.24) is 0 Å². The van der Waals surface area contributed by atoms with Crippen molar-refractivity contribution in [3.05, 3.63) is 28.8 Å². The van der Waals surface area contributed by atoms with Gasteiger partial charge in [-0.15, -0.1) is 0 Å². The second kappa shape index (κ2) is 2.94. The molecule has 0 saturated heterocycles. The molecule has 1 heteroatoms. The predicted octanol–water partition coefficient (Wildman–Crippen LogP) is 1.41. The van der Waals surface area contributed by atoms with Gasteiger partial charge in [-0.3, -0.25) is 0 Å². The Morgan fingerprint density at radius 3 is 1.80 bits per heavy atom. The summed E-state index contributed by atoms with van der Waals surface area (Å²) in [6.07, 6.45) is 0. The molecule has 0 aliphatic carbocycles. The fraction of sp³-hybridized carbons (Fsp3) is 0.333. The molecule has 0 nitrogen and oxygen atoms in total. The molecule has 0 bridgehead atoms. The van der Waals surface area contributed by atoms with Gasteiger partial charge in [0.05, 0.1) is 0 Å². The van der Waals surface area contributed by atoms with Crippen LogP contribution in [0.2, 0.25) is 0 Å². The average Bonchev–Trinajstić information content (AvgIpc) is 1.82. The molecule has 0 heterocycles. The summed E-state index contributed by atoms with van der Waals surface area (Å²) in [5.41, 5.74) is 4.17. The van der Waals surface area contributed by atoms with Crippen molar-refractivity contribution in [2.45, 2.75) is 20.8 Å². The van der Waals surface area contributed by atoms with Crippen LogP contribution >= 0.6 is 0 Å². The Kier molecular flexibility index (Phi) is 2.39. The molecule has 10 heavy (non-hydrogen) atoms.